The maximum Gasteiger partial charge on any atom is 0.193 e. The summed E-state index contributed by atoms with van der Waals surface area (Å²) in [5, 5.41) is 3.15. The van der Waals surface area contributed by atoms with Crippen LogP contribution < -0.4 is 11.1 Å². The quantitative estimate of drug-likeness (QED) is 0.351. The van der Waals surface area contributed by atoms with Crippen molar-refractivity contribution in [3.63, 3.8) is 0 Å². The Hall–Kier alpha value is -1.64. The van der Waals surface area contributed by atoms with Crippen LogP contribution in [0.5, 0.6) is 0 Å². The van der Waals surface area contributed by atoms with E-state index in [2.05, 4.69) is 60.6 Å². The number of guanidine groups is 1. The summed E-state index contributed by atoms with van der Waals surface area (Å²) in [6, 6.07) is 14.5. The largest absolute Gasteiger partial charge is 0.381 e. The van der Waals surface area contributed by atoms with Gasteiger partial charge in [0, 0.05) is 18.9 Å². The second kappa shape index (κ2) is 11.4. The molecule has 0 radical (unpaired) electrons. The zero-order valence-electron chi connectivity index (χ0n) is 16.6. The van der Waals surface area contributed by atoms with Crippen LogP contribution in [-0.4, -0.2) is 25.3 Å². The molecule has 1 aliphatic heterocycles. The van der Waals surface area contributed by atoms with E-state index < -0.39 is 0 Å². The number of benzene rings is 2. The van der Waals surface area contributed by atoms with Crippen LogP contribution in [-0.2, 0) is 22.6 Å². The average molecular weight is 495 g/mol. The molecule has 0 unspecified atom stereocenters. The summed E-state index contributed by atoms with van der Waals surface area (Å²) >= 11 is 0. The number of nitrogens with two attached hydrogens (primary N) is 1. The van der Waals surface area contributed by atoms with Crippen LogP contribution in [0.2, 0.25) is 0 Å². The second-order valence-electron chi connectivity index (χ2n) is 7.06. The number of rotatable bonds is 6. The van der Waals surface area contributed by atoms with Gasteiger partial charge in [0.05, 0.1) is 19.3 Å². The monoisotopic (exact) mass is 495 g/mol. The fourth-order valence-corrected chi connectivity index (χ4v) is 2.98. The highest BCUT2D eigenvalue weighted by molar-refractivity contribution is 14.0. The number of hydrogen-bond donors (Lipinski definition) is 2. The van der Waals surface area contributed by atoms with E-state index in [-0.39, 0.29) is 24.0 Å². The van der Waals surface area contributed by atoms with Crippen molar-refractivity contribution in [2.45, 2.75) is 45.9 Å². The minimum absolute atomic E-state index is 0. The molecule has 0 atom stereocenters. The predicted octanol–water partition coefficient (Wildman–Crippen LogP) is 4.54. The summed E-state index contributed by atoms with van der Waals surface area (Å²) in [7, 11) is 0. The Kier molecular flexibility index (Phi) is 9.21. The van der Waals surface area contributed by atoms with Gasteiger partial charge in [0.25, 0.3) is 0 Å². The van der Waals surface area contributed by atoms with Crippen molar-refractivity contribution in [1.82, 2.24) is 0 Å². The molecule has 1 aliphatic rings. The topological polar surface area (TPSA) is 68.9 Å². The molecule has 1 saturated heterocycles. The van der Waals surface area contributed by atoms with Gasteiger partial charge in [0.2, 0.25) is 0 Å². The van der Waals surface area contributed by atoms with Gasteiger partial charge in [0.1, 0.15) is 0 Å². The number of nitrogens with one attached hydrogen (secondary N) is 1. The van der Waals surface area contributed by atoms with Crippen LogP contribution in [0.25, 0.3) is 0 Å². The number of aliphatic imine (C=N–C) groups is 1. The molecule has 152 valence electrons. The lowest BCUT2D eigenvalue weighted by Gasteiger charge is -2.22. The van der Waals surface area contributed by atoms with Crippen LogP contribution >= 0.6 is 24.0 Å². The smallest absolute Gasteiger partial charge is 0.193 e. The molecule has 2 aromatic carbocycles. The Morgan fingerprint density at radius 1 is 1.07 bits per heavy atom. The summed E-state index contributed by atoms with van der Waals surface area (Å²) < 4.78 is 11.3. The Morgan fingerprint density at radius 3 is 2.43 bits per heavy atom. The molecule has 5 nitrogen and oxygen atoms in total. The first kappa shape index (κ1) is 22.6. The zero-order chi connectivity index (χ0) is 19.1. The van der Waals surface area contributed by atoms with E-state index >= 15 is 0 Å². The van der Waals surface area contributed by atoms with Gasteiger partial charge in [-0.15, -0.1) is 24.0 Å². The van der Waals surface area contributed by atoms with Crippen LogP contribution in [0.4, 0.5) is 5.69 Å². The van der Waals surface area contributed by atoms with E-state index in [4.69, 9.17) is 15.2 Å². The molecule has 1 fully saturated rings. The highest BCUT2D eigenvalue weighted by atomic mass is 127. The third-order valence-corrected chi connectivity index (χ3v) is 4.89. The summed E-state index contributed by atoms with van der Waals surface area (Å²) in [4.78, 5) is 4.43. The van der Waals surface area contributed by atoms with Gasteiger partial charge < -0.3 is 20.5 Å². The number of halogens is 1. The Bertz CT molecular complexity index is 772. The Balaban J connectivity index is 0.00000280. The fraction of sp³-hybridized carbons (Fsp3) is 0.409. The van der Waals surface area contributed by atoms with Gasteiger partial charge in [0.15, 0.2) is 5.96 Å². The van der Waals surface area contributed by atoms with E-state index in [0.29, 0.717) is 25.2 Å². The van der Waals surface area contributed by atoms with Crippen molar-refractivity contribution in [1.29, 1.82) is 0 Å². The molecule has 3 rings (SSSR count). The standard InChI is InChI=1S/C22H29N3O2.HI/c1-16-3-8-20(13-17(16)2)25-22(23)24-14-18-4-6-19(7-5-18)15-27-21-9-11-26-12-10-21;/h3-8,13,21H,9-12,14-15H2,1-2H3,(H3,23,24,25);1H. The molecule has 0 saturated carbocycles. The van der Waals surface area contributed by atoms with Crippen molar-refractivity contribution >= 4 is 35.6 Å². The number of hydrogen-bond acceptors (Lipinski definition) is 3. The lowest BCUT2D eigenvalue weighted by Crippen LogP contribution is -2.23. The lowest BCUT2D eigenvalue weighted by molar-refractivity contribution is -0.0390. The summed E-state index contributed by atoms with van der Waals surface area (Å²) in [6.45, 7) is 6.98. The summed E-state index contributed by atoms with van der Waals surface area (Å²) in [5.41, 5.74) is 11.8. The number of anilines is 1. The lowest BCUT2D eigenvalue weighted by atomic mass is 10.1. The van der Waals surface area contributed by atoms with Crippen molar-refractivity contribution in [2.24, 2.45) is 10.7 Å². The molecule has 0 aliphatic carbocycles. The molecule has 28 heavy (non-hydrogen) atoms. The third-order valence-electron chi connectivity index (χ3n) is 4.89. The van der Waals surface area contributed by atoms with Gasteiger partial charge in [-0.25, -0.2) is 4.99 Å². The number of nitrogens with zero attached hydrogens (tertiary/aromatic N) is 1. The minimum atomic E-state index is 0. The van der Waals surface area contributed by atoms with Gasteiger partial charge in [-0.1, -0.05) is 30.3 Å². The van der Waals surface area contributed by atoms with Gasteiger partial charge in [-0.05, 0) is 61.1 Å². The molecule has 1 heterocycles. The maximum atomic E-state index is 6.01. The van der Waals surface area contributed by atoms with Crippen molar-refractivity contribution in [3.8, 4) is 0 Å². The summed E-state index contributed by atoms with van der Waals surface area (Å²) in [6.07, 6.45) is 2.29. The van der Waals surface area contributed by atoms with E-state index in [0.717, 1.165) is 37.3 Å². The molecule has 0 spiro atoms. The molecule has 2 aromatic rings. The van der Waals surface area contributed by atoms with Crippen LogP contribution in [0.15, 0.2) is 47.5 Å². The molecule has 0 aromatic heterocycles. The highest BCUT2D eigenvalue weighted by Gasteiger charge is 2.13. The molecular formula is C22H30IN3O2. The first-order chi connectivity index (χ1) is 13.1. The molecule has 0 amide bonds. The predicted molar refractivity (Wildman–Crippen MR) is 125 cm³/mol. The second-order valence-corrected chi connectivity index (χ2v) is 7.06. The molecular weight excluding hydrogens is 465 g/mol. The normalized spacial score (nSPS) is 15.1. The molecule has 0 bridgehead atoms. The molecule has 3 N–H and O–H groups in total. The van der Waals surface area contributed by atoms with Crippen LogP contribution in [0.3, 0.4) is 0 Å². The number of ether oxygens (including phenoxy) is 2. The fourth-order valence-electron chi connectivity index (χ4n) is 2.98. The van der Waals surface area contributed by atoms with E-state index in [1.165, 1.54) is 16.7 Å². The van der Waals surface area contributed by atoms with Crippen molar-refractivity contribution in [3.05, 3.63) is 64.7 Å². The number of aryl methyl sites for hydroxylation is 2. The van der Waals surface area contributed by atoms with E-state index in [9.17, 15) is 0 Å². The minimum Gasteiger partial charge on any atom is -0.381 e. The van der Waals surface area contributed by atoms with Crippen LogP contribution in [0, 0.1) is 13.8 Å². The van der Waals surface area contributed by atoms with Crippen LogP contribution in [0.1, 0.15) is 35.1 Å². The maximum absolute atomic E-state index is 6.01. The summed E-state index contributed by atoms with van der Waals surface area (Å²) in [5.74, 6) is 0.421. The first-order valence-corrected chi connectivity index (χ1v) is 9.51. The van der Waals surface area contributed by atoms with E-state index in [1.54, 1.807) is 0 Å². The Morgan fingerprint density at radius 2 is 1.75 bits per heavy atom. The van der Waals surface area contributed by atoms with Gasteiger partial charge >= 0.3 is 0 Å². The van der Waals surface area contributed by atoms with E-state index in [1.807, 2.05) is 6.07 Å². The molecule has 6 heteroatoms. The third kappa shape index (κ3) is 7.07. The SMILES string of the molecule is Cc1ccc(NC(N)=NCc2ccc(COC3CCOCC3)cc2)cc1C.I. The highest BCUT2D eigenvalue weighted by Crippen LogP contribution is 2.15. The van der Waals surface area contributed by atoms with Gasteiger partial charge in [-0.2, -0.15) is 0 Å². The Labute approximate surface area is 184 Å². The first-order valence-electron chi connectivity index (χ1n) is 9.51. The zero-order valence-corrected chi connectivity index (χ0v) is 18.9. The average Bonchev–Trinajstić information content (AvgIpc) is 2.69. The van der Waals surface area contributed by atoms with Gasteiger partial charge in [-0.3, -0.25) is 0 Å². The van der Waals surface area contributed by atoms with Crippen molar-refractivity contribution in [2.75, 3.05) is 18.5 Å². The van der Waals surface area contributed by atoms with Crippen molar-refractivity contribution < 1.29 is 9.47 Å².